The van der Waals surface area contributed by atoms with E-state index >= 15 is 0 Å². The number of carbonyl (C=O) groups excluding carboxylic acids is 2. The van der Waals surface area contributed by atoms with Gasteiger partial charge < -0.3 is 10.1 Å². The van der Waals surface area contributed by atoms with Crippen LogP contribution < -0.4 is 10.2 Å². The van der Waals surface area contributed by atoms with Crippen LogP contribution in [0.4, 0.5) is 11.4 Å². The lowest BCUT2D eigenvalue weighted by Gasteiger charge is -2.25. The summed E-state index contributed by atoms with van der Waals surface area (Å²) < 4.78 is 5.53. The summed E-state index contributed by atoms with van der Waals surface area (Å²) in [6.45, 7) is 4.44. The Morgan fingerprint density at radius 1 is 1.03 bits per heavy atom. The van der Waals surface area contributed by atoms with Gasteiger partial charge in [-0.3, -0.25) is 14.5 Å². The van der Waals surface area contributed by atoms with Crippen LogP contribution in [-0.2, 0) is 20.9 Å². The Kier molecular flexibility index (Phi) is 6.93. The zero-order valence-corrected chi connectivity index (χ0v) is 19.0. The van der Waals surface area contributed by atoms with E-state index < -0.39 is 0 Å². The van der Waals surface area contributed by atoms with E-state index in [1.54, 1.807) is 11.8 Å². The van der Waals surface area contributed by atoms with Crippen LogP contribution in [0.25, 0.3) is 0 Å². The van der Waals surface area contributed by atoms with E-state index in [1.165, 1.54) is 0 Å². The number of nitrogens with zero attached hydrogens (tertiary/aromatic N) is 1. The van der Waals surface area contributed by atoms with Gasteiger partial charge in [-0.1, -0.05) is 48.5 Å². The third-order valence-electron chi connectivity index (χ3n) is 5.15. The van der Waals surface area contributed by atoms with Gasteiger partial charge in [-0.25, -0.2) is 0 Å². The predicted octanol–water partition coefficient (Wildman–Crippen LogP) is 5.24. The first kappa shape index (κ1) is 22.1. The van der Waals surface area contributed by atoms with Crippen LogP contribution in [0.1, 0.15) is 27.6 Å². The zero-order chi connectivity index (χ0) is 22.5. The summed E-state index contributed by atoms with van der Waals surface area (Å²) in [5.74, 6) is 0.315. The Morgan fingerprint density at radius 3 is 2.53 bits per heavy atom. The van der Waals surface area contributed by atoms with Gasteiger partial charge in [-0.2, -0.15) is 0 Å². The minimum absolute atomic E-state index is 0.0233. The highest BCUT2D eigenvalue weighted by atomic mass is 32.2. The Balaban J connectivity index is 1.43. The molecule has 1 atom stereocenters. The van der Waals surface area contributed by atoms with Crippen molar-refractivity contribution in [3.63, 3.8) is 0 Å². The number of rotatable bonds is 7. The van der Waals surface area contributed by atoms with Crippen molar-refractivity contribution in [2.24, 2.45) is 0 Å². The highest BCUT2D eigenvalue weighted by molar-refractivity contribution is 8.00. The maximum atomic E-state index is 12.7. The topological polar surface area (TPSA) is 58.6 Å². The monoisotopic (exact) mass is 446 g/mol. The summed E-state index contributed by atoms with van der Waals surface area (Å²) in [5, 5.41) is 2.77. The minimum Gasteiger partial charge on any atom is -0.367 e. The number of thioether (sulfide) groups is 1. The normalized spacial score (nSPS) is 15.8. The quantitative estimate of drug-likeness (QED) is 0.539. The molecule has 32 heavy (non-hydrogen) atoms. The first-order chi connectivity index (χ1) is 15.5. The Morgan fingerprint density at radius 2 is 1.78 bits per heavy atom. The molecular formula is C26H26N2O3S. The number of benzene rings is 3. The van der Waals surface area contributed by atoms with Crippen molar-refractivity contribution in [1.29, 1.82) is 0 Å². The first-order valence-corrected chi connectivity index (χ1v) is 11.6. The molecule has 1 heterocycles. The van der Waals surface area contributed by atoms with Gasteiger partial charge in [0.15, 0.2) is 0 Å². The maximum Gasteiger partial charge on any atom is 0.250 e. The van der Waals surface area contributed by atoms with Crippen LogP contribution in [0.3, 0.4) is 0 Å². The van der Waals surface area contributed by atoms with E-state index in [4.69, 9.17) is 4.74 Å². The molecule has 164 valence electrons. The van der Waals surface area contributed by atoms with Crippen molar-refractivity contribution in [1.82, 2.24) is 0 Å². The fourth-order valence-electron chi connectivity index (χ4n) is 3.84. The second kappa shape index (κ2) is 10.0. The van der Waals surface area contributed by atoms with Crippen molar-refractivity contribution in [2.45, 2.75) is 25.8 Å². The Hall–Kier alpha value is -3.09. The molecule has 4 rings (SSSR count). The molecule has 3 aromatic rings. The van der Waals surface area contributed by atoms with Crippen LogP contribution in [-0.4, -0.2) is 24.2 Å². The summed E-state index contributed by atoms with van der Waals surface area (Å²) in [7, 11) is 0. The molecule has 0 unspecified atom stereocenters. The molecule has 1 saturated heterocycles. The lowest BCUT2D eigenvalue weighted by molar-refractivity contribution is -0.121. The Labute approximate surface area is 192 Å². The highest BCUT2D eigenvalue weighted by Crippen LogP contribution is 2.42. The van der Waals surface area contributed by atoms with Crippen LogP contribution >= 0.6 is 11.8 Å². The number of anilines is 2. The van der Waals surface area contributed by atoms with Gasteiger partial charge in [0.1, 0.15) is 12.0 Å². The van der Waals surface area contributed by atoms with Crippen molar-refractivity contribution in [3.05, 3.63) is 95.1 Å². The van der Waals surface area contributed by atoms with Gasteiger partial charge in [-0.05, 0) is 60.4 Å². The van der Waals surface area contributed by atoms with Gasteiger partial charge in [-0.15, -0.1) is 11.8 Å². The fraction of sp³-hybridized carbons (Fsp3) is 0.231. The van der Waals surface area contributed by atoms with Gasteiger partial charge in [0, 0.05) is 11.4 Å². The standard InChI is InChI=1S/C26H26N2O3S/c1-18-11-19(2)13-23(12-18)28-25(30)17-32-26(28)21-9-6-10-22(14-21)27-24(29)16-31-15-20-7-4-3-5-8-20/h3-14,26H,15-17H2,1-2H3,(H,27,29)/t26-/m1/s1. The van der Waals surface area contributed by atoms with Gasteiger partial charge in [0.25, 0.3) is 0 Å². The number of carbonyl (C=O) groups is 2. The lowest BCUT2D eigenvalue weighted by atomic mass is 10.1. The van der Waals surface area contributed by atoms with Crippen molar-refractivity contribution in [2.75, 3.05) is 22.6 Å². The third-order valence-corrected chi connectivity index (χ3v) is 6.37. The van der Waals surface area contributed by atoms with E-state index in [1.807, 2.05) is 85.5 Å². The van der Waals surface area contributed by atoms with Crippen molar-refractivity contribution in [3.8, 4) is 0 Å². The summed E-state index contributed by atoms with van der Waals surface area (Å²) >= 11 is 1.60. The van der Waals surface area contributed by atoms with Crippen molar-refractivity contribution < 1.29 is 14.3 Å². The number of hydrogen-bond acceptors (Lipinski definition) is 4. The number of hydrogen-bond donors (Lipinski definition) is 1. The molecule has 0 saturated carbocycles. The molecule has 0 aliphatic carbocycles. The first-order valence-electron chi connectivity index (χ1n) is 10.5. The molecule has 6 heteroatoms. The number of nitrogens with one attached hydrogen (secondary N) is 1. The van der Waals surface area contributed by atoms with Crippen LogP contribution in [0.15, 0.2) is 72.8 Å². The Bertz CT molecular complexity index is 1100. The SMILES string of the molecule is Cc1cc(C)cc(N2C(=O)CS[C@@H]2c2cccc(NC(=O)COCc3ccccc3)c2)c1. The molecule has 2 amide bonds. The maximum absolute atomic E-state index is 12.7. The number of amides is 2. The molecule has 1 N–H and O–H groups in total. The van der Waals surface area contributed by atoms with Crippen molar-refractivity contribution >= 4 is 35.0 Å². The van der Waals surface area contributed by atoms with Crippen LogP contribution in [0.2, 0.25) is 0 Å². The fourth-order valence-corrected chi connectivity index (χ4v) is 5.01. The van der Waals surface area contributed by atoms with Gasteiger partial charge in [0.2, 0.25) is 11.8 Å². The smallest absolute Gasteiger partial charge is 0.250 e. The average molecular weight is 447 g/mol. The molecule has 0 bridgehead atoms. The van der Waals surface area contributed by atoms with E-state index in [-0.39, 0.29) is 23.8 Å². The van der Waals surface area contributed by atoms with E-state index in [0.29, 0.717) is 18.0 Å². The second-order valence-electron chi connectivity index (χ2n) is 7.93. The molecule has 5 nitrogen and oxygen atoms in total. The van der Waals surface area contributed by atoms with Gasteiger partial charge >= 0.3 is 0 Å². The summed E-state index contributed by atoms with van der Waals surface area (Å²) in [5.41, 5.74) is 5.85. The summed E-state index contributed by atoms with van der Waals surface area (Å²) in [4.78, 5) is 26.9. The average Bonchev–Trinajstić information content (AvgIpc) is 3.15. The van der Waals surface area contributed by atoms with Crippen LogP contribution in [0.5, 0.6) is 0 Å². The molecule has 1 fully saturated rings. The third kappa shape index (κ3) is 5.39. The molecule has 3 aromatic carbocycles. The molecule has 1 aliphatic rings. The molecule has 0 radical (unpaired) electrons. The number of aryl methyl sites for hydroxylation is 2. The zero-order valence-electron chi connectivity index (χ0n) is 18.2. The van der Waals surface area contributed by atoms with Crippen LogP contribution in [0, 0.1) is 13.8 Å². The largest absolute Gasteiger partial charge is 0.367 e. The highest BCUT2D eigenvalue weighted by Gasteiger charge is 2.34. The van der Waals surface area contributed by atoms with E-state index in [2.05, 4.69) is 11.4 Å². The molecule has 0 aromatic heterocycles. The van der Waals surface area contributed by atoms with E-state index in [0.717, 1.165) is 27.9 Å². The summed E-state index contributed by atoms with van der Waals surface area (Å²) in [6.07, 6.45) is 0. The van der Waals surface area contributed by atoms with E-state index in [9.17, 15) is 9.59 Å². The molecule has 1 aliphatic heterocycles. The summed E-state index contributed by atoms with van der Waals surface area (Å²) in [6, 6.07) is 23.6. The van der Waals surface area contributed by atoms with Gasteiger partial charge in [0.05, 0.1) is 12.4 Å². The predicted molar refractivity (Wildman–Crippen MR) is 130 cm³/mol. The molecule has 0 spiro atoms. The minimum atomic E-state index is -0.209. The number of ether oxygens (including phenoxy) is 1. The second-order valence-corrected chi connectivity index (χ2v) is 8.99. The molecular weight excluding hydrogens is 420 g/mol. The lowest BCUT2D eigenvalue weighted by Crippen LogP contribution is -2.28.